The maximum absolute atomic E-state index is 6.05. The molecule has 0 amide bonds. The van der Waals surface area contributed by atoms with Crippen molar-refractivity contribution in [2.45, 2.75) is 71.6 Å². The van der Waals surface area contributed by atoms with E-state index in [0.717, 1.165) is 11.8 Å². The fraction of sp³-hybridized carbons (Fsp3) is 0.929. The zero-order valence-corrected chi connectivity index (χ0v) is 10.6. The monoisotopic (exact) mass is 205 g/mol. The van der Waals surface area contributed by atoms with E-state index in [2.05, 4.69) is 13.8 Å². The van der Waals surface area contributed by atoms with Crippen molar-refractivity contribution in [2.24, 2.45) is 11.8 Å². The summed E-state index contributed by atoms with van der Waals surface area (Å²) in [5.41, 5.74) is 1.29. The number of hydrogen-bond donors (Lipinski definition) is 0. The summed E-state index contributed by atoms with van der Waals surface area (Å²) in [6.45, 7) is 4.60. The van der Waals surface area contributed by atoms with Crippen LogP contribution in [0.25, 0.3) is 0 Å². The molecule has 15 heavy (non-hydrogen) atoms. The summed E-state index contributed by atoms with van der Waals surface area (Å²) in [5.74, 6) is 1.60. The van der Waals surface area contributed by atoms with Gasteiger partial charge in [0.2, 0.25) is 0 Å². The molecule has 1 rings (SSSR count). The second-order valence-electron chi connectivity index (χ2n) is 5.37. The van der Waals surface area contributed by atoms with Gasteiger partial charge in [0.1, 0.15) is 0 Å². The molecule has 1 radical (unpaired) electrons. The van der Waals surface area contributed by atoms with E-state index in [1.165, 1.54) is 63.3 Å². The molecule has 1 aliphatic rings. The molecule has 0 saturated heterocycles. The molecule has 0 aromatic rings. The minimum atomic E-state index is 0.756. The third-order valence-electron chi connectivity index (χ3n) is 3.70. The Morgan fingerprint density at radius 3 is 2.40 bits per heavy atom. The Bertz CT molecular complexity index is 186. The van der Waals surface area contributed by atoms with Gasteiger partial charge in [-0.25, -0.2) is 0 Å². The number of unbranched alkanes of at least 4 members (excludes halogenated alkanes) is 5. The van der Waals surface area contributed by atoms with Gasteiger partial charge < -0.3 is 0 Å². The minimum absolute atomic E-state index is 0.756. The average Bonchev–Trinajstić information content (AvgIpc) is 2.51. The van der Waals surface area contributed by atoms with Crippen LogP contribution in [0.2, 0.25) is 0 Å². The van der Waals surface area contributed by atoms with Gasteiger partial charge in [-0.15, -0.1) is 0 Å². The van der Waals surface area contributed by atoms with E-state index >= 15 is 0 Å². The van der Waals surface area contributed by atoms with Crippen molar-refractivity contribution in [3.63, 3.8) is 0 Å². The van der Waals surface area contributed by atoms with Gasteiger partial charge in [0, 0.05) is 0 Å². The molecule has 0 aliphatic heterocycles. The summed E-state index contributed by atoms with van der Waals surface area (Å²) in [4.78, 5) is 0. The van der Waals surface area contributed by atoms with Gasteiger partial charge in [0.05, 0.1) is 0 Å². The Labute approximate surface area is 96.9 Å². The third-order valence-corrected chi connectivity index (χ3v) is 3.70. The first-order valence-electron chi connectivity index (χ1n) is 6.85. The second kappa shape index (κ2) is 7.25. The van der Waals surface area contributed by atoms with E-state index in [-0.39, 0.29) is 0 Å². The molecule has 1 aliphatic carbocycles. The number of hydrogen-bond acceptors (Lipinski definition) is 0. The van der Waals surface area contributed by atoms with Crippen LogP contribution in [0.3, 0.4) is 0 Å². The van der Waals surface area contributed by atoms with Crippen molar-refractivity contribution < 1.29 is 0 Å². The van der Waals surface area contributed by atoms with Crippen molar-refractivity contribution in [1.29, 1.82) is 0 Å². The summed E-state index contributed by atoms with van der Waals surface area (Å²) >= 11 is 0. The first kappa shape index (κ1) is 13.0. The molecule has 0 N–H and O–H groups in total. The normalized spacial score (nSPS) is 26.1. The van der Waals surface area contributed by atoms with Crippen molar-refractivity contribution >= 4 is 13.0 Å². The van der Waals surface area contributed by atoms with Crippen LogP contribution in [0.15, 0.2) is 0 Å². The fourth-order valence-electron chi connectivity index (χ4n) is 2.76. The summed E-state index contributed by atoms with van der Waals surface area (Å²) in [6, 6.07) is 0. The van der Waals surface area contributed by atoms with Crippen molar-refractivity contribution in [3.8, 4) is 0 Å². The van der Waals surface area contributed by atoms with E-state index in [0.29, 0.717) is 0 Å². The quantitative estimate of drug-likeness (QED) is 0.433. The van der Waals surface area contributed by atoms with Crippen molar-refractivity contribution in [2.75, 3.05) is 0 Å². The van der Waals surface area contributed by atoms with Gasteiger partial charge >= 0.3 is 96.4 Å². The molecule has 0 bridgehead atoms. The zero-order chi connectivity index (χ0) is 11.1. The predicted octanol–water partition coefficient (Wildman–Crippen LogP) is 4.12. The van der Waals surface area contributed by atoms with Gasteiger partial charge in [-0.3, -0.25) is 0 Å². The molecule has 0 aromatic heterocycles. The van der Waals surface area contributed by atoms with Crippen LogP contribution in [0.4, 0.5) is 0 Å². The van der Waals surface area contributed by atoms with Crippen LogP contribution in [-0.2, 0) is 0 Å². The molecule has 2 atom stereocenters. The summed E-state index contributed by atoms with van der Waals surface area (Å²) in [6.07, 6.45) is 12.3. The Kier molecular flexibility index (Phi) is 6.28. The van der Waals surface area contributed by atoms with Gasteiger partial charge in [-0.1, -0.05) is 0 Å². The van der Waals surface area contributed by atoms with Crippen LogP contribution in [0.5, 0.6) is 0 Å². The Balaban J connectivity index is 1.98. The molecular weight excluding hydrogens is 179 g/mol. The number of rotatable bonds is 7. The Morgan fingerprint density at radius 1 is 1.13 bits per heavy atom. The van der Waals surface area contributed by atoms with Crippen LogP contribution >= 0.6 is 0 Å². The van der Waals surface area contributed by atoms with Gasteiger partial charge in [0.25, 0.3) is 0 Å². The molecule has 2 unspecified atom stereocenters. The van der Waals surface area contributed by atoms with E-state index in [1.807, 2.05) is 0 Å². The summed E-state index contributed by atoms with van der Waals surface area (Å²) in [5, 5.41) is 0. The van der Waals surface area contributed by atoms with Crippen LogP contribution in [-0.4, -0.2) is 13.0 Å². The van der Waals surface area contributed by atoms with Crippen LogP contribution in [0, 0.1) is 11.8 Å². The predicted molar refractivity (Wildman–Crippen MR) is 70.6 cm³/mol. The molecule has 1 fully saturated rings. The first-order chi connectivity index (χ1) is 7.24. The maximum atomic E-state index is 6.05. The molecule has 85 valence electrons. The fourth-order valence-corrected chi connectivity index (χ4v) is 2.76. The van der Waals surface area contributed by atoms with E-state index in [4.69, 9.17) is 7.49 Å². The molecule has 0 aromatic carbocycles. The van der Waals surface area contributed by atoms with E-state index in [9.17, 15) is 0 Å². The summed E-state index contributed by atoms with van der Waals surface area (Å²) < 4.78 is 0. The van der Waals surface area contributed by atoms with Gasteiger partial charge in [0.15, 0.2) is 0 Å². The average molecular weight is 205 g/mol. The molecule has 0 spiro atoms. The van der Waals surface area contributed by atoms with Crippen LogP contribution in [0.1, 0.15) is 71.6 Å². The molecule has 0 heterocycles. The SMILES string of the molecule is [B]=C1CC(C)CC1CCCCCCCC. The zero-order valence-electron chi connectivity index (χ0n) is 10.6. The van der Waals surface area contributed by atoms with Crippen LogP contribution < -0.4 is 0 Å². The first-order valence-corrected chi connectivity index (χ1v) is 6.85. The molecule has 0 nitrogen and oxygen atoms in total. The van der Waals surface area contributed by atoms with Crippen molar-refractivity contribution in [1.82, 2.24) is 0 Å². The summed E-state index contributed by atoms with van der Waals surface area (Å²) in [7, 11) is 6.05. The molecule has 1 heteroatoms. The topological polar surface area (TPSA) is 0 Å². The standard InChI is InChI=1S/C14H26B/c1-3-4-5-6-7-8-9-13-10-12(2)11-14(13)15/h12-13H,3-11H2,1-2H3. The molecular formula is C14H26B. The van der Waals surface area contributed by atoms with Gasteiger partial charge in [-0.2, -0.15) is 0 Å². The van der Waals surface area contributed by atoms with E-state index < -0.39 is 0 Å². The van der Waals surface area contributed by atoms with Crippen molar-refractivity contribution in [3.05, 3.63) is 0 Å². The second-order valence-corrected chi connectivity index (χ2v) is 5.37. The molecule has 1 saturated carbocycles. The van der Waals surface area contributed by atoms with Gasteiger partial charge in [-0.05, 0) is 0 Å². The Morgan fingerprint density at radius 2 is 1.80 bits per heavy atom. The Hall–Kier alpha value is -0.0651. The van der Waals surface area contributed by atoms with E-state index in [1.54, 1.807) is 0 Å². The third kappa shape index (κ3) is 4.99.